The smallest absolute Gasteiger partial charge is 0.181 e. The molecular formula is C19H21NO2S. The van der Waals surface area contributed by atoms with E-state index in [1.54, 1.807) is 30.3 Å². The van der Waals surface area contributed by atoms with Gasteiger partial charge in [0.1, 0.15) is 0 Å². The van der Waals surface area contributed by atoms with Crippen LogP contribution < -0.4 is 0 Å². The van der Waals surface area contributed by atoms with Gasteiger partial charge in [0.2, 0.25) is 0 Å². The first kappa shape index (κ1) is 16.0. The van der Waals surface area contributed by atoms with Gasteiger partial charge in [0.05, 0.1) is 10.6 Å². The summed E-state index contributed by atoms with van der Waals surface area (Å²) in [4.78, 5) is 2.73. The maximum Gasteiger partial charge on any atom is 0.181 e. The van der Waals surface area contributed by atoms with Gasteiger partial charge < -0.3 is 0 Å². The Morgan fingerprint density at radius 3 is 2.39 bits per heavy atom. The highest BCUT2D eigenvalue weighted by atomic mass is 32.2. The predicted molar refractivity (Wildman–Crippen MR) is 93.1 cm³/mol. The van der Waals surface area contributed by atoms with Crippen LogP contribution >= 0.6 is 0 Å². The Morgan fingerprint density at radius 1 is 0.913 bits per heavy atom. The second-order valence-corrected chi connectivity index (χ2v) is 7.85. The van der Waals surface area contributed by atoms with Crippen LogP contribution in [0.15, 0.2) is 71.6 Å². The molecule has 0 bridgehead atoms. The minimum Gasteiger partial charge on any atom is -0.295 e. The molecule has 0 atom stereocenters. The Morgan fingerprint density at radius 2 is 1.61 bits per heavy atom. The number of benzene rings is 2. The van der Waals surface area contributed by atoms with Crippen LogP contribution in [-0.4, -0.2) is 32.2 Å². The van der Waals surface area contributed by atoms with Gasteiger partial charge >= 0.3 is 0 Å². The van der Waals surface area contributed by atoms with E-state index in [1.807, 2.05) is 12.1 Å². The number of hydrogen-bond acceptors (Lipinski definition) is 3. The first-order valence-corrected chi connectivity index (χ1v) is 9.52. The van der Waals surface area contributed by atoms with Gasteiger partial charge in [-0.05, 0) is 29.7 Å². The molecule has 0 amide bonds. The van der Waals surface area contributed by atoms with E-state index >= 15 is 0 Å². The van der Waals surface area contributed by atoms with E-state index in [0.717, 1.165) is 26.1 Å². The molecule has 4 heteroatoms. The van der Waals surface area contributed by atoms with Gasteiger partial charge in [-0.1, -0.05) is 54.6 Å². The second-order valence-electron chi connectivity index (χ2n) is 5.82. The van der Waals surface area contributed by atoms with Crippen molar-refractivity contribution in [3.8, 4) is 0 Å². The molecule has 3 nitrogen and oxygen atoms in total. The Balaban J connectivity index is 1.54. The topological polar surface area (TPSA) is 37.4 Å². The van der Waals surface area contributed by atoms with Crippen molar-refractivity contribution in [3.63, 3.8) is 0 Å². The predicted octanol–water partition coefficient (Wildman–Crippen LogP) is 3.07. The van der Waals surface area contributed by atoms with Crippen molar-refractivity contribution in [2.24, 2.45) is 0 Å². The average Bonchev–Trinajstić information content (AvgIpc) is 2.59. The first-order valence-electron chi connectivity index (χ1n) is 7.87. The zero-order chi connectivity index (χ0) is 16.1. The minimum atomic E-state index is -3.22. The summed E-state index contributed by atoms with van der Waals surface area (Å²) in [5.41, 5.74) is 2.81. The van der Waals surface area contributed by atoms with Crippen molar-refractivity contribution in [2.45, 2.75) is 17.9 Å². The molecular weight excluding hydrogens is 306 g/mol. The van der Waals surface area contributed by atoms with E-state index in [-0.39, 0.29) is 5.75 Å². The highest BCUT2D eigenvalue weighted by molar-refractivity contribution is 7.91. The van der Waals surface area contributed by atoms with Crippen molar-refractivity contribution in [3.05, 3.63) is 77.9 Å². The molecule has 0 fully saturated rings. The molecule has 1 heterocycles. The van der Waals surface area contributed by atoms with Gasteiger partial charge in [-0.15, -0.1) is 0 Å². The van der Waals surface area contributed by atoms with Crippen molar-refractivity contribution >= 4 is 9.84 Å². The normalized spacial score (nSPS) is 15.7. The highest BCUT2D eigenvalue weighted by Gasteiger charge is 2.14. The maximum absolute atomic E-state index is 12.2. The first-order chi connectivity index (χ1) is 11.1. The molecule has 1 aliphatic heterocycles. The monoisotopic (exact) mass is 327 g/mol. The lowest BCUT2D eigenvalue weighted by Crippen LogP contribution is -2.30. The standard InChI is InChI=1S/C19H21NO2S/c21-23(22,19-10-2-1-3-11-19)15-7-6-13-20-14-12-17-8-4-5-9-18(17)16-20/h1-11H,12-16H2. The molecule has 0 saturated heterocycles. The number of nitrogens with zero attached hydrogens (tertiary/aromatic N) is 1. The van der Waals surface area contributed by atoms with Crippen molar-refractivity contribution < 1.29 is 8.42 Å². The number of sulfone groups is 1. The largest absolute Gasteiger partial charge is 0.295 e. The molecule has 23 heavy (non-hydrogen) atoms. The molecule has 2 aromatic carbocycles. The molecule has 0 radical (unpaired) electrons. The molecule has 3 rings (SSSR count). The van der Waals surface area contributed by atoms with Gasteiger partial charge in [-0.2, -0.15) is 0 Å². The third kappa shape index (κ3) is 4.09. The van der Waals surface area contributed by atoms with Gasteiger partial charge in [0, 0.05) is 19.6 Å². The number of hydrogen-bond donors (Lipinski definition) is 0. The van der Waals surface area contributed by atoms with Crippen LogP contribution in [0.5, 0.6) is 0 Å². The molecule has 0 aliphatic carbocycles. The number of rotatable bonds is 5. The summed E-state index contributed by atoms with van der Waals surface area (Å²) in [6, 6.07) is 17.1. The summed E-state index contributed by atoms with van der Waals surface area (Å²) in [7, 11) is -3.22. The van der Waals surface area contributed by atoms with E-state index < -0.39 is 9.84 Å². The van der Waals surface area contributed by atoms with Crippen LogP contribution in [0.25, 0.3) is 0 Å². The van der Waals surface area contributed by atoms with Crippen LogP contribution in [0.1, 0.15) is 11.1 Å². The SMILES string of the molecule is O=S(=O)(CC=CCN1CCc2ccccc2C1)c1ccccc1. The summed E-state index contributed by atoms with van der Waals surface area (Å²) in [5.74, 6) is 0.0570. The van der Waals surface area contributed by atoms with E-state index in [1.165, 1.54) is 11.1 Å². The van der Waals surface area contributed by atoms with Gasteiger partial charge in [-0.25, -0.2) is 8.42 Å². The van der Waals surface area contributed by atoms with Crippen LogP contribution in [0.3, 0.4) is 0 Å². The fourth-order valence-corrected chi connectivity index (χ4v) is 4.01. The zero-order valence-corrected chi connectivity index (χ0v) is 13.9. The Labute approximate surface area is 138 Å². The molecule has 0 saturated carbocycles. The lowest BCUT2D eigenvalue weighted by Gasteiger charge is -2.27. The van der Waals surface area contributed by atoms with Gasteiger partial charge in [-0.3, -0.25) is 4.90 Å². The fraction of sp³-hybridized carbons (Fsp3) is 0.263. The summed E-state index contributed by atoms with van der Waals surface area (Å²) in [6.45, 7) is 2.75. The highest BCUT2D eigenvalue weighted by Crippen LogP contribution is 2.18. The minimum absolute atomic E-state index is 0.0570. The van der Waals surface area contributed by atoms with E-state index in [9.17, 15) is 8.42 Å². The summed E-state index contributed by atoms with van der Waals surface area (Å²) in [6.07, 6.45) is 4.80. The maximum atomic E-state index is 12.2. The third-order valence-corrected chi connectivity index (χ3v) is 5.78. The van der Waals surface area contributed by atoms with Crippen LogP contribution in [0.2, 0.25) is 0 Å². The average molecular weight is 327 g/mol. The third-order valence-electron chi connectivity index (χ3n) is 4.16. The second kappa shape index (κ2) is 7.11. The van der Waals surface area contributed by atoms with Crippen molar-refractivity contribution in [2.75, 3.05) is 18.8 Å². The van der Waals surface area contributed by atoms with Gasteiger partial charge in [0.25, 0.3) is 0 Å². The van der Waals surface area contributed by atoms with Gasteiger partial charge in [0.15, 0.2) is 9.84 Å². The zero-order valence-electron chi connectivity index (χ0n) is 13.1. The summed E-state index contributed by atoms with van der Waals surface area (Å²) < 4.78 is 24.4. The Bertz CT molecular complexity index is 782. The lowest BCUT2D eigenvalue weighted by atomic mass is 10.00. The van der Waals surface area contributed by atoms with E-state index in [2.05, 4.69) is 29.2 Å². The Hall–Kier alpha value is -1.91. The molecule has 1 aliphatic rings. The fourth-order valence-electron chi connectivity index (χ4n) is 2.85. The lowest BCUT2D eigenvalue weighted by molar-refractivity contribution is 0.282. The van der Waals surface area contributed by atoms with Crippen LogP contribution in [0.4, 0.5) is 0 Å². The van der Waals surface area contributed by atoms with Crippen LogP contribution in [0, 0.1) is 0 Å². The molecule has 0 aromatic heterocycles. The summed E-state index contributed by atoms with van der Waals surface area (Å²) in [5, 5.41) is 0. The van der Waals surface area contributed by atoms with Crippen LogP contribution in [-0.2, 0) is 22.8 Å². The summed E-state index contributed by atoms with van der Waals surface area (Å²) >= 11 is 0. The van der Waals surface area contributed by atoms with E-state index in [0.29, 0.717) is 4.90 Å². The molecule has 2 aromatic rings. The quantitative estimate of drug-likeness (QED) is 0.792. The molecule has 0 N–H and O–H groups in total. The molecule has 120 valence electrons. The number of fused-ring (bicyclic) bond motifs is 1. The molecule has 0 unspecified atom stereocenters. The van der Waals surface area contributed by atoms with Crippen molar-refractivity contribution in [1.82, 2.24) is 4.90 Å². The molecule has 0 spiro atoms. The Kier molecular flexibility index (Phi) is 4.94. The van der Waals surface area contributed by atoms with E-state index in [4.69, 9.17) is 0 Å². The van der Waals surface area contributed by atoms with Crippen molar-refractivity contribution in [1.29, 1.82) is 0 Å².